The molecule has 0 amide bonds. The van der Waals surface area contributed by atoms with E-state index in [9.17, 15) is 9.18 Å². The molecule has 4 nitrogen and oxygen atoms in total. The molecule has 7 heteroatoms. The van der Waals surface area contributed by atoms with Crippen LogP contribution in [0.4, 0.5) is 10.1 Å². The summed E-state index contributed by atoms with van der Waals surface area (Å²) in [5, 5.41) is 5.70. The molecule has 1 aliphatic rings. The van der Waals surface area contributed by atoms with Gasteiger partial charge in [0.2, 0.25) is 0 Å². The number of nitrogens with zero attached hydrogens (tertiary/aromatic N) is 3. The van der Waals surface area contributed by atoms with Crippen molar-refractivity contribution >= 4 is 46.3 Å². The van der Waals surface area contributed by atoms with Crippen LogP contribution in [0.2, 0.25) is 5.02 Å². The minimum atomic E-state index is -0.679. The Kier molecular flexibility index (Phi) is 5.32. The molecule has 0 N–H and O–H groups in total. The summed E-state index contributed by atoms with van der Waals surface area (Å²) in [6.07, 6.45) is 1.55. The van der Waals surface area contributed by atoms with Crippen LogP contribution in [0.15, 0.2) is 82.9 Å². The highest BCUT2D eigenvalue weighted by atomic mass is 35.5. The third-order valence-corrected chi connectivity index (χ3v) is 5.19. The molecule has 1 aliphatic heterocycles. The molecule has 0 radical (unpaired) electrons. The number of aliphatic imine (C=N–C) groups is 1. The van der Waals surface area contributed by atoms with Gasteiger partial charge in [0.15, 0.2) is 0 Å². The van der Waals surface area contributed by atoms with Gasteiger partial charge in [0.05, 0.1) is 11.4 Å². The maximum atomic E-state index is 14.7. The zero-order chi connectivity index (χ0) is 20.4. The standard InChI is InChI=1S/C22H13ClFN3OS/c23-15-11-9-14(10-12-15)20-22(29)27(25-13-28)19-8-4-2-6-17(19)21(26-20)16-5-1-3-7-18(16)24/h1-12,20H. The Hall–Kier alpha value is -3.18. The summed E-state index contributed by atoms with van der Waals surface area (Å²) >= 11 is 11.7. The summed E-state index contributed by atoms with van der Waals surface area (Å²) in [7, 11) is 0. The molecule has 0 aromatic heterocycles. The lowest BCUT2D eigenvalue weighted by Crippen LogP contribution is -2.27. The number of halogens is 2. The van der Waals surface area contributed by atoms with Crippen LogP contribution in [0.1, 0.15) is 22.7 Å². The van der Waals surface area contributed by atoms with Gasteiger partial charge >= 0.3 is 0 Å². The van der Waals surface area contributed by atoms with Crippen LogP contribution in [0.25, 0.3) is 0 Å². The van der Waals surface area contributed by atoms with Crippen LogP contribution in [0.3, 0.4) is 0 Å². The first-order valence-corrected chi connectivity index (χ1v) is 9.48. The molecule has 0 saturated carbocycles. The number of rotatable bonds is 3. The van der Waals surface area contributed by atoms with Gasteiger partial charge < -0.3 is 0 Å². The fourth-order valence-electron chi connectivity index (χ4n) is 3.22. The Morgan fingerprint density at radius 2 is 1.66 bits per heavy atom. The summed E-state index contributed by atoms with van der Waals surface area (Å²) in [5.74, 6) is -0.408. The van der Waals surface area contributed by atoms with E-state index in [0.717, 1.165) is 5.56 Å². The third kappa shape index (κ3) is 3.61. The molecule has 0 bridgehead atoms. The van der Waals surface area contributed by atoms with Gasteiger partial charge in [-0.2, -0.15) is 0 Å². The summed E-state index contributed by atoms with van der Waals surface area (Å²) < 4.78 is 14.7. The van der Waals surface area contributed by atoms with Gasteiger partial charge in [-0.05, 0) is 35.9 Å². The molecule has 29 heavy (non-hydrogen) atoms. The zero-order valence-electron chi connectivity index (χ0n) is 14.9. The van der Waals surface area contributed by atoms with Gasteiger partial charge in [-0.15, -0.1) is 0 Å². The van der Waals surface area contributed by atoms with E-state index in [1.54, 1.807) is 66.7 Å². The van der Waals surface area contributed by atoms with Crippen molar-refractivity contribution < 1.29 is 9.18 Å². The molecule has 1 atom stereocenters. The van der Waals surface area contributed by atoms with Crippen molar-refractivity contribution in [3.63, 3.8) is 0 Å². The number of benzodiazepines with no additional fused rings is 1. The Balaban J connectivity index is 2.01. The van der Waals surface area contributed by atoms with E-state index < -0.39 is 11.9 Å². The molecule has 4 rings (SSSR count). The molecule has 1 heterocycles. The van der Waals surface area contributed by atoms with Crippen molar-refractivity contribution in [3.8, 4) is 0 Å². The highest BCUT2D eigenvalue weighted by Gasteiger charge is 2.31. The predicted octanol–water partition coefficient (Wildman–Crippen LogP) is 5.46. The topological polar surface area (TPSA) is 45.0 Å². The van der Waals surface area contributed by atoms with E-state index in [4.69, 9.17) is 28.8 Å². The largest absolute Gasteiger partial charge is 0.268 e. The molecule has 0 fully saturated rings. The zero-order valence-corrected chi connectivity index (χ0v) is 16.5. The van der Waals surface area contributed by atoms with Crippen molar-refractivity contribution in [3.05, 3.63) is 100 Å². The number of anilines is 1. The van der Waals surface area contributed by atoms with E-state index in [-0.39, 0.29) is 4.99 Å². The Morgan fingerprint density at radius 1 is 1.00 bits per heavy atom. The van der Waals surface area contributed by atoms with Crippen LogP contribution in [-0.4, -0.2) is 16.8 Å². The first-order valence-electron chi connectivity index (χ1n) is 8.69. The smallest absolute Gasteiger partial charge is 0.259 e. The minimum absolute atomic E-state index is 0.273. The number of carbonyl (C=O) groups excluding carboxylic acids is 1. The second-order valence-electron chi connectivity index (χ2n) is 6.27. The number of benzene rings is 3. The minimum Gasteiger partial charge on any atom is -0.268 e. The maximum Gasteiger partial charge on any atom is 0.259 e. The SMILES string of the molecule is O=C=NN1C(=S)C(c2ccc(Cl)cc2)N=C(c2ccccc2F)c2ccccc21. The highest BCUT2D eigenvalue weighted by molar-refractivity contribution is 7.80. The second-order valence-corrected chi connectivity index (χ2v) is 7.12. The van der Waals surface area contributed by atoms with Gasteiger partial charge in [0.1, 0.15) is 16.8 Å². The highest BCUT2D eigenvalue weighted by Crippen LogP contribution is 2.35. The van der Waals surface area contributed by atoms with Crippen LogP contribution >= 0.6 is 23.8 Å². The van der Waals surface area contributed by atoms with Crippen LogP contribution in [-0.2, 0) is 4.79 Å². The van der Waals surface area contributed by atoms with Gasteiger partial charge in [-0.1, -0.05) is 71.4 Å². The van der Waals surface area contributed by atoms with E-state index in [1.165, 1.54) is 11.1 Å². The molecular formula is C22H13ClFN3OS. The monoisotopic (exact) mass is 421 g/mol. The molecular weight excluding hydrogens is 409 g/mol. The number of fused-ring (bicyclic) bond motifs is 1. The molecule has 3 aromatic rings. The molecule has 142 valence electrons. The molecule has 0 spiro atoms. The van der Waals surface area contributed by atoms with Crippen molar-refractivity contribution in [2.75, 3.05) is 5.01 Å². The maximum absolute atomic E-state index is 14.7. The van der Waals surface area contributed by atoms with Crippen molar-refractivity contribution in [1.29, 1.82) is 0 Å². The summed E-state index contributed by atoms with van der Waals surface area (Å²) in [6.45, 7) is 0. The number of hydrogen-bond acceptors (Lipinski definition) is 4. The third-order valence-electron chi connectivity index (χ3n) is 4.54. The number of isocyanates is 1. The predicted molar refractivity (Wildman–Crippen MR) is 116 cm³/mol. The number of hydrazone groups is 1. The summed E-state index contributed by atoms with van der Waals surface area (Å²) in [6, 6.07) is 19.9. The average molecular weight is 422 g/mol. The lowest BCUT2D eigenvalue weighted by atomic mass is 10.00. The van der Waals surface area contributed by atoms with Gasteiger partial charge in [0.25, 0.3) is 6.08 Å². The lowest BCUT2D eigenvalue weighted by molar-refractivity contribution is 0.563. The van der Waals surface area contributed by atoms with E-state index in [2.05, 4.69) is 5.10 Å². The Labute approximate surface area is 177 Å². The molecule has 1 unspecified atom stereocenters. The van der Waals surface area contributed by atoms with Gasteiger partial charge in [-0.3, -0.25) is 4.99 Å². The summed E-state index contributed by atoms with van der Waals surface area (Å²) in [5.41, 5.74) is 2.63. The van der Waals surface area contributed by atoms with Crippen LogP contribution in [0, 0.1) is 5.82 Å². The van der Waals surface area contributed by atoms with E-state index in [1.807, 2.05) is 6.07 Å². The number of hydrogen-bond donors (Lipinski definition) is 0. The van der Waals surface area contributed by atoms with Gasteiger partial charge in [0, 0.05) is 16.1 Å². The Morgan fingerprint density at radius 3 is 2.34 bits per heavy atom. The quantitative estimate of drug-likeness (QED) is 0.320. The van der Waals surface area contributed by atoms with E-state index >= 15 is 0 Å². The normalized spacial score (nSPS) is 15.8. The summed E-state index contributed by atoms with van der Waals surface area (Å²) in [4.78, 5) is 16.2. The van der Waals surface area contributed by atoms with E-state index in [0.29, 0.717) is 27.5 Å². The van der Waals surface area contributed by atoms with Crippen LogP contribution < -0.4 is 5.01 Å². The Bertz CT molecular complexity index is 1170. The second kappa shape index (κ2) is 8.05. The number of thiocarbonyl (C=S) groups is 1. The fraction of sp³-hybridized carbons (Fsp3) is 0.0455. The lowest BCUT2D eigenvalue weighted by Gasteiger charge is -2.21. The first kappa shape index (κ1) is 19.2. The van der Waals surface area contributed by atoms with Gasteiger partial charge in [-0.25, -0.2) is 14.2 Å². The first-order chi connectivity index (χ1) is 14.1. The van der Waals surface area contributed by atoms with Crippen molar-refractivity contribution in [1.82, 2.24) is 0 Å². The molecule has 3 aromatic carbocycles. The van der Waals surface area contributed by atoms with Crippen molar-refractivity contribution in [2.45, 2.75) is 6.04 Å². The van der Waals surface area contributed by atoms with Crippen LogP contribution in [0.5, 0.6) is 0 Å². The molecule has 0 aliphatic carbocycles. The number of para-hydroxylation sites is 1. The molecule has 0 saturated heterocycles. The van der Waals surface area contributed by atoms with Crippen molar-refractivity contribution in [2.24, 2.45) is 10.1 Å². The average Bonchev–Trinajstić information content (AvgIpc) is 2.85. The fourth-order valence-corrected chi connectivity index (χ4v) is 3.67.